The summed E-state index contributed by atoms with van der Waals surface area (Å²) in [5.74, 6) is 0.756. The van der Waals surface area contributed by atoms with Crippen molar-refractivity contribution in [2.24, 2.45) is 0 Å². The number of pyridine rings is 1. The fourth-order valence-electron chi connectivity index (χ4n) is 3.43. The van der Waals surface area contributed by atoms with Crippen LogP contribution >= 0.6 is 0 Å². The monoisotopic (exact) mass is 358 g/mol. The third kappa shape index (κ3) is 4.00. The molecule has 4 nitrogen and oxygen atoms in total. The Morgan fingerprint density at radius 3 is 2.67 bits per heavy atom. The summed E-state index contributed by atoms with van der Waals surface area (Å²) >= 11 is 0. The van der Waals surface area contributed by atoms with Gasteiger partial charge in [-0.3, -0.25) is 9.78 Å². The Hall–Kier alpha value is -3.14. The van der Waals surface area contributed by atoms with Gasteiger partial charge in [0.25, 0.3) is 5.91 Å². The quantitative estimate of drug-likeness (QED) is 0.671. The fourth-order valence-corrected chi connectivity index (χ4v) is 3.43. The van der Waals surface area contributed by atoms with Gasteiger partial charge in [-0.25, -0.2) is 0 Å². The van der Waals surface area contributed by atoms with E-state index in [0.29, 0.717) is 25.3 Å². The van der Waals surface area contributed by atoms with Gasteiger partial charge in [0, 0.05) is 31.9 Å². The highest BCUT2D eigenvalue weighted by molar-refractivity contribution is 5.97. The summed E-state index contributed by atoms with van der Waals surface area (Å²) in [7, 11) is 0. The van der Waals surface area contributed by atoms with Crippen LogP contribution < -0.4 is 4.74 Å². The van der Waals surface area contributed by atoms with Crippen molar-refractivity contribution < 1.29 is 9.53 Å². The van der Waals surface area contributed by atoms with Crippen LogP contribution in [0.15, 0.2) is 73.1 Å². The maximum atomic E-state index is 13.4. The molecule has 4 heteroatoms. The molecule has 27 heavy (non-hydrogen) atoms. The Morgan fingerprint density at radius 1 is 1.00 bits per heavy atom. The Labute approximate surface area is 159 Å². The molecule has 0 radical (unpaired) electrons. The highest BCUT2D eigenvalue weighted by Gasteiger charge is 2.24. The Kier molecular flexibility index (Phi) is 5.15. The van der Waals surface area contributed by atoms with Crippen molar-refractivity contribution >= 4 is 5.91 Å². The van der Waals surface area contributed by atoms with Crippen LogP contribution in [-0.4, -0.2) is 28.9 Å². The molecule has 0 saturated carbocycles. The minimum absolute atomic E-state index is 0.00790. The summed E-state index contributed by atoms with van der Waals surface area (Å²) in [5, 5.41) is 0. The summed E-state index contributed by atoms with van der Waals surface area (Å²) in [6, 6.07) is 20.0. The molecule has 136 valence electrons. The maximum absolute atomic E-state index is 13.4. The van der Waals surface area contributed by atoms with Gasteiger partial charge in [0.05, 0.1) is 12.2 Å². The molecule has 1 aromatic heterocycles. The second-order valence-electron chi connectivity index (χ2n) is 6.72. The number of carbonyl (C=O) groups excluding carboxylic acids is 1. The van der Waals surface area contributed by atoms with Crippen molar-refractivity contribution in [2.45, 2.75) is 19.4 Å². The van der Waals surface area contributed by atoms with Gasteiger partial charge in [0.1, 0.15) is 5.75 Å². The highest BCUT2D eigenvalue weighted by atomic mass is 16.5. The molecule has 0 unspecified atom stereocenters. The van der Waals surface area contributed by atoms with E-state index in [-0.39, 0.29) is 5.91 Å². The standard InChI is InChI=1S/C23H22N2O2/c26-23(21-10-4-9-20-12-15-27-22(20)21)25(17-19-8-5-13-24-16-19)14-11-18-6-2-1-3-7-18/h1-10,13,16H,11-12,14-15,17H2. The first kappa shape index (κ1) is 17.3. The van der Waals surface area contributed by atoms with E-state index in [0.717, 1.165) is 29.7 Å². The normalized spacial score (nSPS) is 12.3. The van der Waals surface area contributed by atoms with Crippen LogP contribution in [-0.2, 0) is 19.4 Å². The van der Waals surface area contributed by atoms with Crippen molar-refractivity contribution in [1.29, 1.82) is 0 Å². The molecule has 0 bridgehead atoms. The van der Waals surface area contributed by atoms with Gasteiger partial charge in [0.2, 0.25) is 0 Å². The number of ether oxygens (including phenoxy) is 1. The number of aromatic nitrogens is 1. The molecular formula is C23H22N2O2. The van der Waals surface area contributed by atoms with Gasteiger partial charge in [-0.2, -0.15) is 0 Å². The van der Waals surface area contributed by atoms with Gasteiger partial charge in [-0.05, 0) is 35.2 Å². The number of nitrogens with zero attached hydrogens (tertiary/aromatic N) is 2. The average Bonchev–Trinajstić information content (AvgIpc) is 3.21. The van der Waals surface area contributed by atoms with Gasteiger partial charge < -0.3 is 9.64 Å². The maximum Gasteiger partial charge on any atom is 0.257 e. The number of amides is 1. The lowest BCUT2D eigenvalue weighted by Crippen LogP contribution is -2.32. The number of hydrogen-bond acceptors (Lipinski definition) is 3. The smallest absolute Gasteiger partial charge is 0.257 e. The van der Waals surface area contributed by atoms with E-state index < -0.39 is 0 Å². The number of carbonyl (C=O) groups is 1. The molecule has 0 saturated heterocycles. The lowest BCUT2D eigenvalue weighted by Gasteiger charge is -2.24. The Morgan fingerprint density at radius 2 is 1.85 bits per heavy atom. The minimum Gasteiger partial charge on any atom is -0.492 e. The van der Waals surface area contributed by atoms with Gasteiger partial charge in [0.15, 0.2) is 0 Å². The number of fused-ring (bicyclic) bond motifs is 1. The van der Waals surface area contributed by atoms with Crippen LogP contribution in [0.25, 0.3) is 0 Å². The molecule has 0 aliphatic carbocycles. The summed E-state index contributed by atoms with van der Waals surface area (Å²) in [5.41, 5.74) is 4.01. The van der Waals surface area contributed by atoms with Crippen molar-refractivity contribution in [2.75, 3.05) is 13.2 Å². The molecule has 1 aliphatic rings. The van der Waals surface area contributed by atoms with Crippen LogP contribution in [0.3, 0.4) is 0 Å². The van der Waals surface area contributed by atoms with E-state index in [1.54, 1.807) is 6.20 Å². The third-order valence-corrected chi connectivity index (χ3v) is 4.84. The van der Waals surface area contributed by atoms with Crippen molar-refractivity contribution in [1.82, 2.24) is 9.88 Å². The second kappa shape index (κ2) is 8.04. The van der Waals surface area contributed by atoms with Crippen molar-refractivity contribution in [3.8, 4) is 5.75 Å². The molecule has 1 amide bonds. The van der Waals surface area contributed by atoms with Crippen LogP contribution in [0.2, 0.25) is 0 Å². The SMILES string of the molecule is O=C(c1cccc2c1OCC2)N(CCc1ccccc1)Cc1cccnc1. The summed E-state index contributed by atoms with van der Waals surface area (Å²) in [6.07, 6.45) is 5.23. The largest absolute Gasteiger partial charge is 0.492 e. The molecule has 0 atom stereocenters. The molecule has 3 aromatic rings. The second-order valence-corrected chi connectivity index (χ2v) is 6.72. The van der Waals surface area contributed by atoms with E-state index in [4.69, 9.17) is 4.74 Å². The van der Waals surface area contributed by atoms with E-state index in [1.165, 1.54) is 5.56 Å². The zero-order chi connectivity index (χ0) is 18.5. The lowest BCUT2D eigenvalue weighted by atomic mass is 10.1. The van der Waals surface area contributed by atoms with Gasteiger partial charge in [-0.1, -0.05) is 48.5 Å². The number of benzene rings is 2. The zero-order valence-corrected chi connectivity index (χ0v) is 15.2. The first-order valence-corrected chi connectivity index (χ1v) is 9.28. The molecule has 0 fully saturated rings. The first-order chi connectivity index (χ1) is 13.3. The zero-order valence-electron chi connectivity index (χ0n) is 15.2. The van der Waals surface area contributed by atoms with Crippen molar-refractivity contribution in [3.63, 3.8) is 0 Å². The Balaban J connectivity index is 1.58. The van der Waals surface area contributed by atoms with Crippen LogP contribution in [0.5, 0.6) is 5.75 Å². The van der Waals surface area contributed by atoms with Crippen LogP contribution in [0.4, 0.5) is 0 Å². The topological polar surface area (TPSA) is 42.4 Å². The summed E-state index contributed by atoms with van der Waals surface area (Å²) in [6.45, 7) is 1.82. The van der Waals surface area contributed by atoms with E-state index in [1.807, 2.05) is 59.6 Å². The van der Waals surface area contributed by atoms with Crippen LogP contribution in [0, 0.1) is 0 Å². The molecule has 2 aromatic carbocycles. The average molecular weight is 358 g/mol. The predicted molar refractivity (Wildman–Crippen MR) is 105 cm³/mol. The van der Waals surface area contributed by atoms with E-state index in [2.05, 4.69) is 17.1 Å². The van der Waals surface area contributed by atoms with Crippen LogP contribution in [0.1, 0.15) is 27.0 Å². The molecule has 2 heterocycles. The molecule has 1 aliphatic heterocycles. The Bertz CT molecular complexity index is 910. The third-order valence-electron chi connectivity index (χ3n) is 4.84. The number of rotatable bonds is 6. The predicted octanol–water partition coefficient (Wildman–Crippen LogP) is 3.90. The summed E-state index contributed by atoms with van der Waals surface area (Å²) in [4.78, 5) is 19.4. The molecule has 0 spiro atoms. The number of hydrogen-bond donors (Lipinski definition) is 0. The van der Waals surface area contributed by atoms with E-state index >= 15 is 0 Å². The molecule has 0 N–H and O–H groups in total. The van der Waals surface area contributed by atoms with Crippen molar-refractivity contribution in [3.05, 3.63) is 95.3 Å². The minimum atomic E-state index is 0.00790. The number of para-hydroxylation sites is 1. The lowest BCUT2D eigenvalue weighted by molar-refractivity contribution is 0.0741. The molecule has 4 rings (SSSR count). The van der Waals surface area contributed by atoms with Gasteiger partial charge >= 0.3 is 0 Å². The fraction of sp³-hybridized carbons (Fsp3) is 0.217. The molecular weight excluding hydrogens is 336 g/mol. The first-order valence-electron chi connectivity index (χ1n) is 9.28. The van der Waals surface area contributed by atoms with E-state index in [9.17, 15) is 4.79 Å². The van der Waals surface area contributed by atoms with Gasteiger partial charge in [-0.15, -0.1) is 0 Å². The summed E-state index contributed by atoms with van der Waals surface area (Å²) < 4.78 is 5.75. The highest BCUT2D eigenvalue weighted by Crippen LogP contribution is 2.30.